The second kappa shape index (κ2) is 7.45. The van der Waals surface area contributed by atoms with E-state index in [0.29, 0.717) is 6.61 Å². The van der Waals surface area contributed by atoms with Crippen molar-refractivity contribution in [3.8, 4) is 5.75 Å². The van der Waals surface area contributed by atoms with Crippen LogP contribution in [-0.4, -0.2) is 11.5 Å². The summed E-state index contributed by atoms with van der Waals surface area (Å²) in [6, 6.07) is 12.1. The van der Waals surface area contributed by atoms with Gasteiger partial charge in [-0.2, -0.15) is 0 Å². The molecule has 19 heavy (non-hydrogen) atoms. The summed E-state index contributed by atoms with van der Waals surface area (Å²) in [5, 5.41) is 3.28. The van der Waals surface area contributed by atoms with E-state index in [1.165, 1.54) is 9.13 Å². The summed E-state index contributed by atoms with van der Waals surface area (Å²) >= 11 is 2.27. The lowest BCUT2D eigenvalue weighted by Gasteiger charge is -2.07. The van der Waals surface area contributed by atoms with Gasteiger partial charge in [0.2, 0.25) is 0 Å². The smallest absolute Gasteiger partial charge is 0.130 e. The van der Waals surface area contributed by atoms with Gasteiger partial charge in [-0.3, -0.25) is 4.98 Å². The SMILES string of the molecule is CCNCc1ccc(COc2cccc(I)c2)nc1. The third-order valence-corrected chi connectivity index (χ3v) is 3.32. The highest BCUT2D eigenvalue weighted by molar-refractivity contribution is 14.1. The van der Waals surface area contributed by atoms with E-state index >= 15 is 0 Å². The van der Waals surface area contributed by atoms with Crippen LogP contribution >= 0.6 is 22.6 Å². The summed E-state index contributed by atoms with van der Waals surface area (Å²) in [5.74, 6) is 0.880. The molecule has 2 aromatic rings. The molecule has 0 saturated carbocycles. The first-order valence-electron chi connectivity index (χ1n) is 6.31. The fraction of sp³-hybridized carbons (Fsp3) is 0.267. The lowest BCUT2D eigenvalue weighted by atomic mass is 10.2. The molecule has 1 heterocycles. The Morgan fingerprint density at radius 3 is 2.84 bits per heavy atom. The van der Waals surface area contributed by atoms with Gasteiger partial charge in [-0.05, 0) is 59.0 Å². The Balaban J connectivity index is 1.89. The number of ether oxygens (including phenoxy) is 1. The van der Waals surface area contributed by atoms with Crippen molar-refractivity contribution in [1.82, 2.24) is 10.3 Å². The third-order valence-electron chi connectivity index (χ3n) is 2.65. The number of nitrogens with zero attached hydrogens (tertiary/aromatic N) is 1. The molecule has 0 bridgehead atoms. The van der Waals surface area contributed by atoms with E-state index in [4.69, 9.17) is 4.74 Å². The molecule has 0 radical (unpaired) electrons. The lowest BCUT2D eigenvalue weighted by Crippen LogP contribution is -2.12. The summed E-state index contributed by atoms with van der Waals surface area (Å²) in [4.78, 5) is 4.40. The van der Waals surface area contributed by atoms with Crippen LogP contribution in [-0.2, 0) is 13.2 Å². The molecular weight excluding hydrogens is 351 g/mol. The van der Waals surface area contributed by atoms with Gasteiger partial charge in [-0.1, -0.05) is 19.1 Å². The van der Waals surface area contributed by atoms with Crippen LogP contribution in [0.1, 0.15) is 18.2 Å². The fourth-order valence-electron chi connectivity index (χ4n) is 1.63. The summed E-state index contributed by atoms with van der Waals surface area (Å²) in [5.41, 5.74) is 2.14. The monoisotopic (exact) mass is 368 g/mol. The van der Waals surface area contributed by atoms with Gasteiger partial charge in [0, 0.05) is 16.3 Å². The van der Waals surface area contributed by atoms with Gasteiger partial charge in [-0.25, -0.2) is 0 Å². The van der Waals surface area contributed by atoms with E-state index in [1.54, 1.807) is 0 Å². The Labute approximate surface area is 127 Å². The Bertz CT molecular complexity index is 514. The first-order chi connectivity index (χ1) is 9.28. The number of rotatable bonds is 6. The normalized spacial score (nSPS) is 10.4. The second-order valence-corrected chi connectivity index (χ2v) is 5.43. The second-order valence-electron chi connectivity index (χ2n) is 4.18. The number of aromatic nitrogens is 1. The zero-order chi connectivity index (χ0) is 13.5. The molecule has 0 fully saturated rings. The molecule has 0 atom stereocenters. The number of hydrogen-bond donors (Lipinski definition) is 1. The van der Waals surface area contributed by atoms with Crippen LogP contribution in [0.15, 0.2) is 42.6 Å². The summed E-state index contributed by atoms with van der Waals surface area (Å²) in [7, 11) is 0. The molecule has 0 aliphatic heterocycles. The molecule has 2 rings (SSSR count). The number of nitrogens with one attached hydrogen (secondary N) is 1. The Hall–Kier alpha value is -1.14. The minimum absolute atomic E-state index is 0.502. The quantitative estimate of drug-likeness (QED) is 0.794. The van der Waals surface area contributed by atoms with Gasteiger partial charge < -0.3 is 10.1 Å². The number of hydrogen-bond acceptors (Lipinski definition) is 3. The van der Waals surface area contributed by atoms with Crippen molar-refractivity contribution in [1.29, 1.82) is 0 Å². The predicted octanol–water partition coefficient (Wildman–Crippen LogP) is 3.37. The van der Waals surface area contributed by atoms with Gasteiger partial charge in [0.05, 0.1) is 5.69 Å². The molecule has 1 aromatic heterocycles. The lowest BCUT2D eigenvalue weighted by molar-refractivity contribution is 0.301. The highest BCUT2D eigenvalue weighted by Crippen LogP contribution is 2.16. The number of benzene rings is 1. The molecule has 0 unspecified atom stereocenters. The molecule has 0 saturated heterocycles. The van der Waals surface area contributed by atoms with Crippen LogP contribution in [0.5, 0.6) is 5.75 Å². The zero-order valence-electron chi connectivity index (χ0n) is 10.9. The molecule has 0 aliphatic rings. The van der Waals surface area contributed by atoms with E-state index in [2.05, 4.69) is 45.9 Å². The van der Waals surface area contributed by atoms with E-state index in [0.717, 1.165) is 24.5 Å². The van der Waals surface area contributed by atoms with Crippen molar-refractivity contribution in [3.05, 3.63) is 57.4 Å². The number of pyridine rings is 1. The molecule has 0 amide bonds. The van der Waals surface area contributed by atoms with Crippen molar-refractivity contribution in [2.45, 2.75) is 20.1 Å². The first-order valence-corrected chi connectivity index (χ1v) is 7.38. The highest BCUT2D eigenvalue weighted by Gasteiger charge is 1.99. The largest absolute Gasteiger partial charge is 0.487 e. The van der Waals surface area contributed by atoms with Crippen molar-refractivity contribution >= 4 is 22.6 Å². The minimum atomic E-state index is 0.502. The van der Waals surface area contributed by atoms with E-state index in [-0.39, 0.29) is 0 Å². The van der Waals surface area contributed by atoms with Crippen LogP contribution in [0.2, 0.25) is 0 Å². The van der Waals surface area contributed by atoms with Gasteiger partial charge in [0.1, 0.15) is 12.4 Å². The topological polar surface area (TPSA) is 34.1 Å². The average Bonchev–Trinajstić information content (AvgIpc) is 2.44. The molecule has 100 valence electrons. The van der Waals surface area contributed by atoms with E-state index in [1.807, 2.05) is 36.5 Å². The Morgan fingerprint density at radius 2 is 2.16 bits per heavy atom. The standard InChI is InChI=1S/C15H17IN2O/c1-2-17-9-12-6-7-14(18-10-12)11-19-15-5-3-4-13(16)8-15/h3-8,10,17H,2,9,11H2,1H3. The molecule has 4 heteroatoms. The predicted molar refractivity (Wildman–Crippen MR) is 85.1 cm³/mol. The van der Waals surface area contributed by atoms with Crippen LogP contribution in [0, 0.1) is 3.57 Å². The summed E-state index contributed by atoms with van der Waals surface area (Å²) in [6.45, 7) is 4.43. The molecule has 1 N–H and O–H groups in total. The molecule has 3 nitrogen and oxygen atoms in total. The first kappa shape index (κ1) is 14.3. The Morgan fingerprint density at radius 1 is 1.26 bits per heavy atom. The van der Waals surface area contributed by atoms with E-state index in [9.17, 15) is 0 Å². The summed E-state index contributed by atoms with van der Waals surface area (Å²) in [6.07, 6.45) is 1.90. The number of halogens is 1. The highest BCUT2D eigenvalue weighted by atomic mass is 127. The van der Waals surface area contributed by atoms with Crippen LogP contribution in [0.25, 0.3) is 0 Å². The maximum Gasteiger partial charge on any atom is 0.130 e. The van der Waals surface area contributed by atoms with Crippen molar-refractivity contribution in [2.75, 3.05) is 6.54 Å². The molecule has 0 spiro atoms. The minimum Gasteiger partial charge on any atom is -0.487 e. The maximum atomic E-state index is 5.71. The van der Waals surface area contributed by atoms with Gasteiger partial charge in [0.15, 0.2) is 0 Å². The van der Waals surface area contributed by atoms with Crippen molar-refractivity contribution in [2.24, 2.45) is 0 Å². The molecule has 0 aliphatic carbocycles. The molecule has 1 aromatic carbocycles. The summed E-state index contributed by atoms with van der Waals surface area (Å²) < 4.78 is 6.88. The van der Waals surface area contributed by atoms with Crippen LogP contribution < -0.4 is 10.1 Å². The van der Waals surface area contributed by atoms with Crippen LogP contribution in [0.3, 0.4) is 0 Å². The van der Waals surface area contributed by atoms with Crippen molar-refractivity contribution < 1.29 is 4.74 Å². The molecular formula is C15H17IN2O. The maximum absolute atomic E-state index is 5.71. The third kappa shape index (κ3) is 4.80. The van der Waals surface area contributed by atoms with E-state index < -0.39 is 0 Å². The average molecular weight is 368 g/mol. The van der Waals surface area contributed by atoms with Gasteiger partial charge in [-0.15, -0.1) is 0 Å². The van der Waals surface area contributed by atoms with Crippen molar-refractivity contribution in [3.63, 3.8) is 0 Å². The van der Waals surface area contributed by atoms with Gasteiger partial charge in [0.25, 0.3) is 0 Å². The van der Waals surface area contributed by atoms with Crippen LogP contribution in [0.4, 0.5) is 0 Å². The van der Waals surface area contributed by atoms with Gasteiger partial charge >= 0.3 is 0 Å². The Kier molecular flexibility index (Phi) is 5.60. The fourth-order valence-corrected chi connectivity index (χ4v) is 2.14. The zero-order valence-corrected chi connectivity index (χ0v) is 13.1.